The molecule has 3 aromatic rings. The second kappa shape index (κ2) is 8.97. The van der Waals surface area contributed by atoms with Crippen molar-refractivity contribution in [3.05, 3.63) is 48.5 Å². The highest BCUT2D eigenvalue weighted by molar-refractivity contribution is 7.18. The molecule has 0 aromatic carbocycles. The molecule has 9 heteroatoms. The number of pyridine rings is 2. The third-order valence-electron chi connectivity index (χ3n) is 4.48. The van der Waals surface area contributed by atoms with E-state index in [2.05, 4.69) is 30.5 Å². The van der Waals surface area contributed by atoms with Gasteiger partial charge in [0.2, 0.25) is 0 Å². The Morgan fingerprint density at radius 3 is 2.90 bits per heavy atom. The van der Waals surface area contributed by atoms with Gasteiger partial charge in [-0.05, 0) is 19.1 Å². The topological polar surface area (TPSA) is 92.3 Å². The van der Waals surface area contributed by atoms with Crippen LogP contribution in [0, 0.1) is 0 Å². The van der Waals surface area contributed by atoms with Crippen molar-refractivity contribution in [1.29, 1.82) is 0 Å². The molecule has 1 saturated heterocycles. The molecule has 0 saturated carbocycles. The highest BCUT2D eigenvalue weighted by Gasteiger charge is 2.13. The highest BCUT2D eigenvalue weighted by Crippen LogP contribution is 2.31. The molecule has 3 aromatic heterocycles. The van der Waals surface area contributed by atoms with Crippen LogP contribution >= 0.6 is 11.3 Å². The average Bonchev–Trinajstić information content (AvgIpc) is 3.23. The van der Waals surface area contributed by atoms with E-state index in [1.54, 1.807) is 24.8 Å². The summed E-state index contributed by atoms with van der Waals surface area (Å²) in [6.07, 6.45) is 6.87. The van der Waals surface area contributed by atoms with Crippen molar-refractivity contribution in [2.24, 2.45) is 0 Å². The van der Waals surface area contributed by atoms with Gasteiger partial charge in [0, 0.05) is 61.7 Å². The monoisotopic (exact) mass is 410 g/mol. The number of ether oxygens (including phenoxy) is 1. The molecule has 29 heavy (non-hydrogen) atoms. The molecular formula is C20H22N6O2S. The number of nitrogens with one attached hydrogen (secondary N) is 2. The number of hydrogen-bond acceptors (Lipinski definition) is 8. The van der Waals surface area contributed by atoms with Crippen molar-refractivity contribution in [1.82, 2.24) is 20.3 Å². The Morgan fingerprint density at radius 1 is 1.21 bits per heavy atom. The average molecular weight is 411 g/mol. The predicted octanol–water partition coefficient (Wildman–Crippen LogP) is 2.93. The van der Waals surface area contributed by atoms with Gasteiger partial charge in [-0.2, -0.15) is 0 Å². The molecule has 0 atom stereocenters. The van der Waals surface area contributed by atoms with Gasteiger partial charge in [-0.3, -0.25) is 9.78 Å². The fourth-order valence-corrected chi connectivity index (χ4v) is 3.85. The molecule has 4 heterocycles. The standard InChI is InChI=1S/C20H22N6O2S/c1-2-22-19(27)15-9-14(11-21-12-15)17-13-24-20(29-17)25-18-10-16(3-4-23-18)26-5-7-28-8-6-26/h3-4,9-13H,2,5-8H2,1H3,(H,22,27)(H,23,24,25). The van der Waals surface area contributed by atoms with E-state index < -0.39 is 0 Å². The molecule has 0 unspecified atom stereocenters. The van der Waals surface area contributed by atoms with Gasteiger partial charge in [0.25, 0.3) is 5.91 Å². The second-order valence-electron chi connectivity index (χ2n) is 6.48. The maximum Gasteiger partial charge on any atom is 0.252 e. The van der Waals surface area contributed by atoms with Crippen LogP contribution in [0.25, 0.3) is 10.4 Å². The minimum Gasteiger partial charge on any atom is -0.378 e. The first-order chi connectivity index (χ1) is 14.2. The molecule has 1 amide bonds. The van der Waals surface area contributed by atoms with E-state index in [1.807, 2.05) is 25.1 Å². The Balaban J connectivity index is 1.49. The fraction of sp³-hybridized carbons (Fsp3) is 0.300. The normalized spacial score (nSPS) is 13.9. The smallest absolute Gasteiger partial charge is 0.252 e. The number of anilines is 3. The number of nitrogens with zero attached hydrogens (tertiary/aromatic N) is 4. The maximum absolute atomic E-state index is 12.0. The number of thiazole rings is 1. The highest BCUT2D eigenvalue weighted by atomic mass is 32.1. The van der Waals surface area contributed by atoms with Gasteiger partial charge in [-0.1, -0.05) is 11.3 Å². The molecule has 0 radical (unpaired) electrons. The molecule has 1 fully saturated rings. The van der Waals surface area contributed by atoms with E-state index in [9.17, 15) is 4.79 Å². The molecule has 8 nitrogen and oxygen atoms in total. The predicted molar refractivity (Wildman–Crippen MR) is 114 cm³/mol. The lowest BCUT2D eigenvalue weighted by Crippen LogP contribution is -2.36. The Labute approximate surface area is 173 Å². The summed E-state index contributed by atoms with van der Waals surface area (Å²) in [5, 5.41) is 6.79. The van der Waals surface area contributed by atoms with E-state index in [-0.39, 0.29) is 5.91 Å². The largest absolute Gasteiger partial charge is 0.378 e. The summed E-state index contributed by atoms with van der Waals surface area (Å²) >= 11 is 1.49. The van der Waals surface area contributed by atoms with Crippen molar-refractivity contribution in [2.75, 3.05) is 43.1 Å². The minimum absolute atomic E-state index is 0.131. The first-order valence-corrected chi connectivity index (χ1v) is 10.3. The molecule has 2 N–H and O–H groups in total. The quantitative estimate of drug-likeness (QED) is 0.645. The van der Waals surface area contributed by atoms with Gasteiger partial charge in [-0.25, -0.2) is 9.97 Å². The van der Waals surface area contributed by atoms with Gasteiger partial charge in [0.05, 0.1) is 23.7 Å². The Hall–Kier alpha value is -3.04. The fourth-order valence-electron chi connectivity index (χ4n) is 3.04. The van der Waals surface area contributed by atoms with Gasteiger partial charge < -0.3 is 20.3 Å². The maximum atomic E-state index is 12.0. The van der Waals surface area contributed by atoms with Crippen LogP contribution in [0.2, 0.25) is 0 Å². The van der Waals surface area contributed by atoms with Crippen LogP contribution in [0.3, 0.4) is 0 Å². The van der Waals surface area contributed by atoms with Gasteiger partial charge in [0.1, 0.15) is 5.82 Å². The molecule has 0 spiro atoms. The molecule has 4 rings (SSSR count). The summed E-state index contributed by atoms with van der Waals surface area (Å²) in [6.45, 7) is 5.70. The third-order valence-corrected chi connectivity index (χ3v) is 5.44. The van der Waals surface area contributed by atoms with E-state index >= 15 is 0 Å². The van der Waals surface area contributed by atoms with Crippen molar-refractivity contribution >= 4 is 33.9 Å². The Morgan fingerprint density at radius 2 is 2.07 bits per heavy atom. The molecule has 0 bridgehead atoms. The first kappa shape index (κ1) is 19.3. The van der Waals surface area contributed by atoms with Crippen LogP contribution in [-0.4, -0.2) is 53.7 Å². The number of carbonyl (C=O) groups excluding carboxylic acids is 1. The van der Waals surface area contributed by atoms with Crippen molar-refractivity contribution in [3.8, 4) is 10.4 Å². The van der Waals surface area contributed by atoms with E-state index in [1.165, 1.54) is 11.3 Å². The molecule has 150 valence electrons. The zero-order valence-electron chi connectivity index (χ0n) is 16.1. The molecule has 0 aliphatic carbocycles. The lowest BCUT2D eigenvalue weighted by molar-refractivity contribution is 0.0955. The van der Waals surface area contributed by atoms with Crippen LogP contribution < -0.4 is 15.5 Å². The number of hydrogen-bond donors (Lipinski definition) is 2. The van der Waals surface area contributed by atoms with E-state index in [4.69, 9.17) is 4.74 Å². The number of morpholine rings is 1. The Bertz CT molecular complexity index is 986. The van der Waals surface area contributed by atoms with Crippen LogP contribution in [-0.2, 0) is 4.74 Å². The van der Waals surface area contributed by atoms with Crippen LogP contribution in [0.5, 0.6) is 0 Å². The summed E-state index contributed by atoms with van der Waals surface area (Å²) < 4.78 is 5.42. The SMILES string of the molecule is CCNC(=O)c1cncc(-c2cnc(Nc3cc(N4CCOCC4)ccn3)s2)c1. The first-order valence-electron chi connectivity index (χ1n) is 9.48. The van der Waals surface area contributed by atoms with E-state index in [0.717, 1.165) is 53.4 Å². The van der Waals surface area contributed by atoms with Gasteiger partial charge in [0.15, 0.2) is 5.13 Å². The lowest BCUT2D eigenvalue weighted by atomic mass is 10.2. The zero-order valence-corrected chi connectivity index (χ0v) is 16.9. The molecule has 1 aliphatic heterocycles. The second-order valence-corrected chi connectivity index (χ2v) is 7.51. The van der Waals surface area contributed by atoms with Crippen LogP contribution in [0.15, 0.2) is 43.0 Å². The van der Waals surface area contributed by atoms with Crippen molar-refractivity contribution in [3.63, 3.8) is 0 Å². The van der Waals surface area contributed by atoms with E-state index in [0.29, 0.717) is 12.1 Å². The number of carbonyl (C=O) groups is 1. The lowest BCUT2D eigenvalue weighted by Gasteiger charge is -2.28. The number of amides is 1. The molecular weight excluding hydrogens is 388 g/mol. The summed E-state index contributed by atoms with van der Waals surface area (Å²) in [5.74, 6) is 0.609. The number of aromatic nitrogens is 3. The minimum atomic E-state index is -0.131. The zero-order chi connectivity index (χ0) is 20.1. The van der Waals surface area contributed by atoms with Crippen molar-refractivity contribution < 1.29 is 9.53 Å². The third kappa shape index (κ3) is 4.69. The van der Waals surface area contributed by atoms with Crippen LogP contribution in [0.1, 0.15) is 17.3 Å². The summed E-state index contributed by atoms with van der Waals surface area (Å²) in [7, 11) is 0. The van der Waals surface area contributed by atoms with Gasteiger partial charge >= 0.3 is 0 Å². The Kier molecular flexibility index (Phi) is 5.97. The van der Waals surface area contributed by atoms with Gasteiger partial charge in [-0.15, -0.1) is 0 Å². The molecule has 1 aliphatic rings. The summed E-state index contributed by atoms with van der Waals surface area (Å²) in [6, 6.07) is 5.85. The van der Waals surface area contributed by atoms with Crippen LogP contribution in [0.4, 0.5) is 16.6 Å². The number of rotatable bonds is 6. The van der Waals surface area contributed by atoms with Crippen molar-refractivity contribution in [2.45, 2.75) is 6.92 Å². The summed E-state index contributed by atoms with van der Waals surface area (Å²) in [5.41, 5.74) is 2.50. The summed E-state index contributed by atoms with van der Waals surface area (Å²) in [4.78, 5) is 28.3.